The fraction of sp³-hybridized carbons (Fsp3) is 0.235. The van der Waals surface area contributed by atoms with Gasteiger partial charge >= 0.3 is 18.0 Å². The number of hydrogen-bond donors (Lipinski definition) is 2. The molecule has 0 aliphatic carbocycles. The zero-order chi connectivity index (χ0) is 35.8. The van der Waals surface area contributed by atoms with Gasteiger partial charge in [-0.05, 0) is 30.3 Å². The first-order valence-electron chi connectivity index (χ1n) is 15.6. The maximum Gasteiger partial charge on any atom is 0.338 e. The van der Waals surface area contributed by atoms with Crippen LogP contribution in [-0.2, 0) is 9.53 Å². The maximum atomic E-state index is 14.5. The molecule has 0 spiro atoms. The fourth-order valence-corrected chi connectivity index (χ4v) is 7.14. The van der Waals surface area contributed by atoms with Crippen molar-refractivity contribution in [2.45, 2.75) is 12.1 Å². The zero-order valence-corrected chi connectivity index (χ0v) is 28.3. The Morgan fingerprint density at radius 2 is 1.96 bits per heavy atom. The summed E-state index contributed by atoms with van der Waals surface area (Å²) in [6.45, 7) is 1.91. The molecule has 13 nitrogen and oxygen atoms in total. The van der Waals surface area contributed by atoms with Gasteiger partial charge in [-0.3, -0.25) is 19.8 Å². The third kappa shape index (κ3) is 6.85. The van der Waals surface area contributed by atoms with Crippen molar-refractivity contribution in [3.05, 3.63) is 110 Å². The molecule has 7 rings (SSSR count). The summed E-state index contributed by atoms with van der Waals surface area (Å²) >= 11 is 7.84. The minimum Gasteiger partial charge on any atom is -0.478 e. The molecule has 4 aromatic rings. The van der Waals surface area contributed by atoms with Gasteiger partial charge in [0.2, 0.25) is 0 Å². The largest absolute Gasteiger partial charge is 0.478 e. The van der Waals surface area contributed by atoms with Crippen molar-refractivity contribution in [2.24, 2.45) is 4.99 Å². The number of fused-ring (bicyclic) bond motifs is 1. The Morgan fingerprint density at radius 3 is 2.69 bits per heavy atom. The van der Waals surface area contributed by atoms with Crippen LogP contribution in [0.1, 0.15) is 27.0 Å². The van der Waals surface area contributed by atoms with Crippen molar-refractivity contribution in [3.8, 4) is 11.5 Å². The van der Waals surface area contributed by atoms with Crippen molar-refractivity contribution in [2.75, 3.05) is 44.7 Å². The highest BCUT2D eigenvalue weighted by molar-refractivity contribution is 7.11. The van der Waals surface area contributed by atoms with Crippen LogP contribution >= 0.6 is 22.9 Å². The molecule has 3 aliphatic heterocycles. The van der Waals surface area contributed by atoms with Gasteiger partial charge in [0.25, 0.3) is 0 Å². The molecule has 2 N–H and O–H groups in total. The normalized spacial score (nSPS) is 19.1. The van der Waals surface area contributed by atoms with Crippen LogP contribution in [0.3, 0.4) is 0 Å². The van der Waals surface area contributed by atoms with E-state index in [-0.39, 0.29) is 46.3 Å². The number of nitrogens with one attached hydrogen (secondary N) is 1. The van der Waals surface area contributed by atoms with Crippen molar-refractivity contribution >= 4 is 52.4 Å². The van der Waals surface area contributed by atoms with Gasteiger partial charge in [-0.25, -0.2) is 28.1 Å². The molecule has 5 heterocycles. The lowest BCUT2D eigenvalue weighted by Gasteiger charge is -2.38. The number of hydrogen-bond acceptors (Lipinski definition) is 11. The number of halogens is 3. The third-order valence-electron chi connectivity index (χ3n) is 8.66. The summed E-state index contributed by atoms with van der Waals surface area (Å²) in [7, 11) is 1.27. The Balaban J connectivity index is 1.11. The molecule has 0 saturated carbocycles. The van der Waals surface area contributed by atoms with Crippen LogP contribution in [-0.4, -0.2) is 94.6 Å². The van der Waals surface area contributed by atoms with E-state index in [2.05, 4.69) is 20.2 Å². The number of amides is 2. The van der Waals surface area contributed by atoms with Crippen molar-refractivity contribution < 1.29 is 37.7 Å². The highest BCUT2D eigenvalue weighted by Gasteiger charge is 2.42. The Morgan fingerprint density at radius 1 is 1.12 bits per heavy atom. The van der Waals surface area contributed by atoms with E-state index in [4.69, 9.17) is 31.2 Å². The summed E-state index contributed by atoms with van der Waals surface area (Å²) in [5, 5.41) is 14.9. The second-order valence-electron chi connectivity index (χ2n) is 11.8. The molecule has 0 radical (unpaired) electrons. The number of aromatic carboxylic acids is 1. The Labute approximate surface area is 298 Å². The van der Waals surface area contributed by atoms with Crippen molar-refractivity contribution in [3.63, 3.8) is 0 Å². The number of thiazole rings is 1. The molecule has 2 atom stereocenters. The summed E-state index contributed by atoms with van der Waals surface area (Å²) < 4.78 is 39.4. The number of benzene rings is 2. The minimum absolute atomic E-state index is 0.105. The number of aliphatic imine (C=N–C) groups is 1. The van der Waals surface area contributed by atoms with E-state index in [1.165, 1.54) is 61.2 Å². The van der Waals surface area contributed by atoms with Gasteiger partial charge in [-0.15, -0.1) is 11.3 Å². The van der Waals surface area contributed by atoms with Crippen LogP contribution < -0.4 is 15.0 Å². The van der Waals surface area contributed by atoms with E-state index in [1.54, 1.807) is 27.4 Å². The number of anilines is 1. The van der Waals surface area contributed by atoms with Gasteiger partial charge in [-0.2, -0.15) is 0 Å². The number of amidine groups is 1. The van der Waals surface area contributed by atoms with E-state index in [1.807, 2.05) is 0 Å². The average Bonchev–Trinajstić information content (AvgIpc) is 3.77. The SMILES string of the molecule is COC(=O)C1=C(CN2CCN3C(=O)N(c4cncc(Oc5ccc(C(=O)O)cc5F)c4)C[C@@H]3C2)NC(c2nccs2)=NC1c1ccc(F)cc1Cl. The Kier molecular flexibility index (Phi) is 9.37. The van der Waals surface area contributed by atoms with Gasteiger partial charge in [0.05, 0.1) is 42.4 Å². The number of carbonyl (C=O) groups is 3. The molecule has 2 amide bonds. The molecule has 17 heteroatoms. The van der Waals surface area contributed by atoms with Gasteiger partial charge in [-0.1, -0.05) is 17.7 Å². The molecule has 1 unspecified atom stereocenters. The zero-order valence-electron chi connectivity index (χ0n) is 26.8. The van der Waals surface area contributed by atoms with E-state index < -0.39 is 29.6 Å². The van der Waals surface area contributed by atoms with Gasteiger partial charge in [0.1, 0.15) is 17.6 Å². The van der Waals surface area contributed by atoms with E-state index in [9.17, 15) is 23.2 Å². The van der Waals surface area contributed by atoms with Crippen molar-refractivity contribution in [1.29, 1.82) is 0 Å². The molecular weight excluding hydrogens is 708 g/mol. The van der Waals surface area contributed by atoms with Crippen LogP contribution in [0, 0.1) is 11.6 Å². The molecular formula is C34H28ClF2N7O6S. The van der Waals surface area contributed by atoms with Gasteiger partial charge < -0.3 is 24.8 Å². The first-order chi connectivity index (χ1) is 24.6. The lowest BCUT2D eigenvalue weighted by Crippen LogP contribution is -2.53. The summed E-state index contributed by atoms with van der Waals surface area (Å²) in [5.74, 6) is -2.89. The van der Waals surface area contributed by atoms with Crippen LogP contribution in [0.2, 0.25) is 5.02 Å². The molecule has 3 aliphatic rings. The Hall–Kier alpha value is -5.45. The number of carbonyl (C=O) groups excluding carboxylic acids is 2. The lowest BCUT2D eigenvalue weighted by atomic mass is 9.95. The monoisotopic (exact) mass is 735 g/mol. The number of carboxylic acid groups (broad SMARTS) is 1. The predicted molar refractivity (Wildman–Crippen MR) is 182 cm³/mol. The number of pyridine rings is 1. The quantitative estimate of drug-likeness (QED) is 0.222. The molecule has 2 aromatic carbocycles. The smallest absolute Gasteiger partial charge is 0.338 e. The van der Waals surface area contributed by atoms with Crippen LogP contribution in [0.4, 0.5) is 19.3 Å². The average molecular weight is 736 g/mol. The summed E-state index contributed by atoms with van der Waals surface area (Å²) in [6.07, 6.45) is 4.51. The number of esters is 1. The number of rotatable bonds is 9. The minimum atomic E-state index is -1.27. The molecule has 2 saturated heterocycles. The van der Waals surface area contributed by atoms with Crippen LogP contribution in [0.5, 0.6) is 11.5 Å². The molecule has 51 heavy (non-hydrogen) atoms. The van der Waals surface area contributed by atoms with Gasteiger partial charge in [0, 0.05) is 66.7 Å². The number of ether oxygens (including phenoxy) is 2. The van der Waals surface area contributed by atoms with E-state index in [0.29, 0.717) is 54.0 Å². The summed E-state index contributed by atoms with van der Waals surface area (Å²) in [6, 6.07) is 7.42. The first-order valence-corrected chi connectivity index (χ1v) is 16.8. The number of nitrogens with zero attached hydrogens (tertiary/aromatic N) is 6. The molecule has 262 valence electrons. The van der Waals surface area contributed by atoms with E-state index >= 15 is 0 Å². The number of piperazine rings is 1. The lowest BCUT2D eigenvalue weighted by molar-refractivity contribution is -0.136. The number of carboxylic acids is 1. The molecule has 2 fully saturated rings. The van der Waals surface area contributed by atoms with Crippen LogP contribution in [0.15, 0.2) is 82.7 Å². The van der Waals surface area contributed by atoms with E-state index in [0.717, 1.165) is 6.07 Å². The molecule has 0 bridgehead atoms. The summed E-state index contributed by atoms with van der Waals surface area (Å²) in [4.78, 5) is 56.9. The van der Waals surface area contributed by atoms with Crippen LogP contribution in [0.25, 0.3) is 0 Å². The number of methoxy groups -OCH3 is 1. The highest BCUT2D eigenvalue weighted by Crippen LogP contribution is 2.37. The second kappa shape index (κ2) is 14.0. The highest BCUT2D eigenvalue weighted by atomic mass is 35.5. The molecule has 2 aromatic heterocycles. The second-order valence-corrected chi connectivity index (χ2v) is 13.1. The number of urea groups is 1. The maximum absolute atomic E-state index is 14.5. The Bertz CT molecular complexity index is 2100. The first kappa shape index (κ1) is 34.0. The van der Waals surface area contributed by atoms with Gasteiger partial charge in [0.15, 0.2) is 22.4 Å². The fourth-order valence-electron chi connectivity index (χ4n) is 6.28. The third-order valence-corrected chi connectivity index (χ3v) is 9.77. The summed E-state index contributed by atoms with van der Waals surface area (Å²) in [5.41, 5.74) is 1.37. The predicted octanol–water partition coefficient (Wildman–Crippen LogP) is 5.10. The topological polar surface area (TPSA) is 150 Å². The standard InChI is InChI=1S/C34H28ClF2N7O6S/c1-49-33(47)28-26(40-30(31-39-6-9-51-31)41-29(28)23-4-3-19(36)11-24(23)35)17-42-7-8-43-21(15-42)16-44(34(43)48)20-12-22(14-38-13-20)50-27-5-2-18(32(45)46)10-25(27)37/h2-6,9-14,21,29H,7-8,15-17H2,1H3,(H,40,41)(H,45,46)/t21-,29?/m0/s1. The van der Waals surface area contributed by atoms with Crippen molar-refractivity contribution in [1.82, 2.24) is 25.1 Å². The number of aromatic nitrogens is 2.